The second-order valence-electron chi connectivity index (χ2n) is 7.22. The second-order valence-corrected chi connectivity index (χ2v) is 7.22. The van der Waals surface area contributed by atoms with Crippen LogP contribution in [0.15, 0.2) is 73.4 Å². The number of aromatic nitrogens is 4. The summed E-state index contributed by atoms with van der Waals surface area (Å²) in [6, 6.07) is 17.5. The van der Waals surface area contributed by atoms with Gasteiger partial charge in [0.25, 0.3) is 0 Å². The van der Waals surface area contributed by atoms with Crippen molar-refractivity contribution < 1.29 is 4.79 Å². The van der Waals surface area contributed by atoms with Gasteiger partial charge < -0.3 is 10.6 Å². The minimum Gasteiger partial charge on any atom is -0.324 e. The summed E-state index contributed by atoms with van der Waals surface area (Å²) >= 11 is 0. The van der Waals surface area contributed by atoms with Gasteiger partial charge in [-0.2, -0.15) is 4.98 Å². The number of para-hydroxylation sites is 1. The molecule has 2 aromatic heterocycles. The minimum atomic E-state index is -0.248. The third-order valence-corrected chi connectivity index (χ3v) is 4.96. The summed E-state index contributed by atoms with van der Waals surface area (Å²) in [4.78, 5) is 25.7. The molecule has 2 N–H and O–H groups in total. The van der Waals surface area contributed by atoms with Crippen molar-refractivity contribution in [1.82, 2.24) is 19.5 Å². The van der Waals surface area contributed by atoms with Gasteiger partial charge in [0, 0.05) is 17.3 Å². The van der Waals surface area contributed by atoms with Crippen molar-refractivity contribution in [2.45, 2.75) is 18.8 Å². The fourth-order valence-corrected chi connectivity index (χ4v) is 3.39. The highest BCUT2D eigenvalue weighted by Gasteiger charge is 2.31. The fraction of sp³-hybridized carbons (Fsp3) is 0.130. The first-order valence-corrected chi connectivity index (χ1v) is 9.82. The molecule has 0 spiro atoms. The molecule has 0 saturated heterocycles. The zero-order valence-electron chi connectivity index (χ0n) is 16.2. The molecule has 7 nitrogen and oxygen atoms in total. The van der Waals surface area contributed by atoms with Gasteiger partial charge in [0.05, 0.1) is 11.9 Å². The minimum absolute atomic E-state index is 0.248. The van der Waals surface area contributed by atoms with E-state index >= 15 is 0 Å². The van der Waals surface area contributed by atoms with E-state index in [1.165, 1.54) is 6.08 Å². The average Bonchev–Trinajstić information content (AvgIpc) is 3.55. The van der Waals surface area contributed by atoms with Gasteiger partial charge in [-0.25, -0.2) is 9.97 Å². The Bertz CT molecular complexity index is 1240. The molecule has 7 heteroatoms. The van der Waals surface area contributed by atoms with Crippen LogP contribution < -0.4 is 10.6 Å². The van der Waals surface area contributed by atoms with Crippen LogP contribution in [0.4, 0.5) is 17.3 Å². The highest BCUT2D eigenvalue weighted by molar-refractivity contribution is 5.99. The number of carbonyl (C=O) groups excluding carboxylic acids is 1. The Morgan fingerprint density at radius 1 is 1.07 bits per heavy atom. The molecule has 0 aliphatic heterocycles. The molecule has 0 unspecified atom stereocenters. The van der Waals surface area contributed by atoms with Crippen molar-refractivity contribution in [3.63, 3.8) is 0 Å². The first-order chi connectivity index (χ1) is 14.7. The topological polar surface area (TPSA) is 84.7 Å². The summed E-state index contributed by atoms with van der Waals surface area (Å²) in [5.74, 6) is 1.65. The lowest BCUT2D eigenvalue weighted by atomic mass is 10.2. The van der Waals surface area contributed by atoms with Gasteiger partial charge in [-0.15, -0.1) is 0 Å². The molecule has 0 atom stereocenters. The third kappa shape index (κ3) is 3.53. The van der Waals surface area contributed by atoms with Crippen molar-refractivity contribution in [3.8, 4) is 5.69 Å². The maximum atomic E-state index is 11.7. The molecule has 1 amide bonds. The van der Waals surface area contributed by atoms with E-state index < -0.39 is 0 Å². The highest BCUT2D eigenvalue weighted by Crippen LogP contribution is 2.41. The summed E-state index contributed by atoms with van der Waals surface area (Å²) in [5, 5.41) is 6.06. The van der Waals surface area contributed by atoms with E-state index in [-0.39, 0.29) is 5.91 Å². The number of nitrogens with zero attached hydrogens (tertiary/aromatic N) is 4. The number of imidazole rings is 1. The SMILES string of the molecule is C=CC(=O)Nc1cccc(-n2c(C3CC3)nc3cnc(Nc4ccccc4)nc32)c1. The van der Waals surface area contributed by atoms with E-state index in [0.717, 1.165) is 41.2 Å². The lowest BCUT2D eigenvalue weighted by Crippen LogP contribution is -2.08. The molecule has 0 bridgehead atoms. The van der Waals surface area contributed by atoms with Crippen LogP contribution in [0.1, 0.15) is 24.6 Å². The molecule has 0 radical (unpaired) electrons. The normalized spacial score (nSPS) is 13.2. The average molecular weight is 396 g/mol. The first-order valence-electron chi connectivity index (χ1n) is 9.82. The molecule has 2 aromatic carbocycles. The van der Waals surface area contributed by atoms with Gasteiger partial charge in [0.2, 0.25) is 11.9 Å². The van der Waals surface area contributed by atoms with Crippen molar-refractivity contribution in [2.75, 3.05) is 10.6 Å². The van der Waals surface area contributed by atoms with E-state index in [0.29, 0.717) is 17.6 Å². The summed E-state index contributed by atoms with van der Waals surface area (Å²) in [5.41, 5.74) is 3.98. The lowest BCUT2D eigenvalue weighted by Gasteiger charge is -2.11. The number of carbonyl (C=O) groups is 1. The Morgan fingerprint density at radius 2 is 1.87 bits per heavy atom. The quantitative estimate of drug-likeness (QED) is 0.467. The molecule has 30 heavy (non-hydrogen) atoms. The van der Waals surface area contributed by atoms with Crippen LogP contribution in [0.3, 0.4) is 0 Å². The van der Waals surface area contributed by atoms with Crippen LogP contribution >= 0.6 is 0 Å². The van der Waals surface area contributed by atoms with Gasteiger partial charge in [-0.05, 0) is 49.2 Å². The first kappa shape index (κ1) is 18.1. The number of amides is 1. The molecule has 1 aliphatic rings. The van der Waals surface area contributed by atoms with E-state index in [2.05, 4.69) is 26.8 Å². The molecule has 1 aliphatic carbocycles. The van der Waals surface area contributed by atoms with Gasteiger partial charge in [0.15, 0.2) is 5.65 Å². The molecule has 1 saturated carbocycles. The number of rotatable bonds is 6. The number of benzene rings is 2. The number of nitrogens with one attached hydrogen (secondary N) is 2. The van der Waals surface area contributed by atoms with Crippen molar-refractivity contribution in [2.24, 2.45) is 0 Å². The van der Waals surface area contributed by atoms with Crippen LogP contribution in [0.25, 0.3) is 16.9 Å². The summed E-state index contributed by atoms with van der Waals surface area (Å²) in [6.07, 6.45) is 5.22. The molecular formula is C23H20N6O. The lowest BCUT2D eigenvalue weighted by molar-refractivity contribution is -0.111. The molecule has 5 rings (SSSR count). The number of hydrogen-bond donors (Lipinski definition) is 2. The van der Waals surface area contributed by atoms with Gasteiger partial charge in [-0.3, -0.25) is 9.36 Å². The standard InChI is InChI=1S/C23H20N6O/c1-2-20(30)25-17-9-6-10-18(13-17)29-21(15-11-12-15)27-19-14-24-23(28-22(19)29)26-16-7-4-3-5-8-16/h2-10,13-15H,1,11-12H2,(H,25,30)(H,24,26,28). The van der Waals surface area contributed by atoms with Crippen LogP contribution in [0, 0.1) is 0 Å². The summed E-state index contributed by atoms with van der Waals surface area (Å²) in [7, 11) is 0. The van der Waals surface area contributed by atoms with E-state index in [4.69, 9.17) is 9.97 Å². The zero-order valence-corrected chi connectivity index (χ0v) is 16.2. The van der Waals surface area contributed by atoms with Gasteiger partial charge >= 0.3 is 0 Å². The molecular weight excluding hydrogens is 376 g/mol. The predicted molar refractivity (Wildman–Crippen MR) is 117 cm³/mol. The molecule has 148 valence electrons. The Hall–Kier alpha value is -4.00. The summed E-state index contributed by atoms with van der Waals surface area (Å²) < 4.78 is 2.06. The van der Waals surface area contributed by atoms with Crippen molar-refractivity contribution >= 4 is 34.4 Å². The maximum Gasteiger partial charge on any atom is 0.247 e. The third-order valence-electron chi connectivity index (χ3n) is 4.96. The second kappa shape index (κ2) is 7.44. The molecule has 2 heterocycles. The summed E-state index contributed by atoms with van der Waals surface area (Å²) in [6.45, 7) is 3.51. The van der Waals surface area contributed by atoms with Crippen LogP contribution in [0.5, 0.6) is 0 Å². The predicted octanol–water partition coefficient (Wildman–Crippen LogP) is 4.56. The fourth-order valence-electron chi connectivity index (χ4n) is 3.39. The van der Waals surface area contributed by atoms with E-state index in [1.54, 1.807) is 6.20 Å². The zero-order chi connectivity index (χ0) is 20.5. The number of hydrogen-bond acceptors (Lipinski definition) is 5. The smallest absolute Gasteiger partial charge is 0.247 e. The molecule has 1 fully saturated rings. The Balaban J connectivity index is 1.60. The Kier molecular flexibility index (Phi) is 4.48. The monoisotopic (exact) mass is 396 g/mol. The Labute approximate surface area is 173 Å². The Morgan fingerprint density at radius 3 is 2.63 bits per heavy atom. The van der Waals surface area contributed by atoms with Gasteiger partial charge in [0.1, 0.15) is 11.3 Å². The maximum absolute atomic E-state index is 11.7. The van der Waals surface area contributed by atoms with Crippen molar-refractivity contribution in [1.29, 1.82) is 0 Å². The van der Waals surface area contributed by atoms with E-state index in [9.17, 15) is 4.79 Å². The number of fused-ring (bicyclic) bond motifs is 1. The largest absolute Gasteiger partial charge is 0.324 e. The number of anilines is 3. The highest BCUT2D eigenvalue weighted by atomic mass is 16.1. The van der Waals surface area contributed by atoms with Crippen LogP contribution in [-0.4, -0.2) is 25.4 Å². The van der Waals surface area contributed by atoms with Crippen LogP contribution in [0.2, 0.25) is 0 Å². The van der Waals surface area contributed by atoms with Crippen LogP contribution in [-0.2, 0) is 4.79 Å². The van der Waals surface area contributed by atoms with Gasteiger partial charge in [-0.1, -0.05) is 30.8 Å². The van der Waals surface area contributed by atoms with Crippen molar-refractivity contribution in [3.05, 3.63) is 79.3 Å². The molecule has 4 aromatic rings. The van der Waals surface area contributed by atoms with E-state index in [1.807, 2.05) is 54.6 Å².